The Morgan fingerprint density at radius 2 is 1.91 bits per heavy atom. The summed E-state index contributed by atoms with van der Waals surface area (Å²) in [6, 6.07) is 5.40. The van der Waals surface area contributed by atoms with Crippen LogP contribution in [0.5, 0.6) is 5.75 Å². The van der Waals surface area contributed by atoms with Crippen molar-refractivity contribution in [2.24, 2.45) is 0 Å². The van der Waals surface area contributed by atoms with Gasteiger partial charge in [0.25, 0.3) is 0 Å². The van der Waals surface area contributed by atoms with Crippen LogP contribution in [0.25, 0.3) is 16.6 Å². The van der Waals surface area contributed by atoms with Crippen molar-refractivity contribution < 1.29 is 9.50 Å². The number of phenolic OH excluding ortho intramolecular Hbond substituents is 1. The highest BCUT2D eigenvalue weighted by Gasteiger charge is 2.23. The summed E-state index contributed by atoms with van der Waals surface area (Å²) in [6.07, 6.45) is 3.27. The van der Waals surface area contributed by atoms with Crippen LogP contribution >= 0.6 is 0 Å². The number of likely N-dealkylation sites (N-methyl/N-ethyl adjacent to an activating group) is 1. The van der Waals surface area contributed by atoms with Gasteiger partial charge in [-0.15, -0.1) is 0 Å². The maximum absolute atomic E-state index is 14.0. The van der Waals surface area contributed by atoms with E-state index in [0.717, 1.165) is 49.1 Å². The van der Waals surface area contributed by atoms with Crippen LogP contribution in [-0.2, 0) is 0 Å². The number of hydrogen-bond acceptors (Lipinski definition) is 9. The van der Waals surface area contributed by atoms with Crippen LogP contribution in [0.3, 0.4) is 0 Å². The van der Waals surface area contributed by atoms with E-state index in [1.165, 1.54) is 18.5 Å². The van der Waals surface area contributed by atoms with Gasteiger partial charge in [0, 0.05) is 38.4 Å². The number of hydrogen-bond donors (Lipinski definition) is 3. The first kappa shape index (κ1) is 22.8. The number of halogens is 1. The molecule has 0 radical (unpaired) electrons. The number of aromatic hydroxyl groups is 1. The summed E-state index contributed by atoms with van der Waals surface area (Å²) in [7, 11) is 2.12. The van der Waals surface area contributed by atoms with E-state index in [0.29, 0.717) is 22.8 Å². The molecule has 0 bridgehead atoms. The lowest BCUT2D eigenvalue weighted by molar-refractivity contribution is 0.312. The highest BCUT2D eigenvalue weighted by Crippen LogP contribution is 2.35. The van der Waals surface area contributed by atoms with Gasteiger partial charge in [-0.1, -0.05) is 0 Å². The van der Waals surface area contributed by atoms with Crippen molar-refractivity contribution in [3.8, 4) is 16.9 Å². The third-order valence-electron chi connectivity index (χ3n) is 6.30. The molecule has 4 heterocycles. The highest BCUT2D eigenvalue weighted by atomic mass is 19.1. The predicted molar refractivity (Wildman–Crippen MR) is 133 cm³/mol. The van der Waals surface area contributed by atoms with Crippen LogP contribution < -0.4 is 16.0 Å². The molecular formula is C24H28FN9O. The Labute approximate surface area is 202 Å². The van der Waals surface area contributed by atoms with Crippen LogP contribution in [0, 0.1) is 12.7 Å². The van der Waals surface area contributed by atoms with Gasteiger partial charge < -0.3 is 26.0 Å². The van der Waals surface area contributed by atoms with E-state index < -0.39 is 5.82 Å². The van der Waals surface area contributed by atoms with Crippen LogP contribution in [-0.4, -0.2) is 67.8 Å². The van der Waals surface area contributed by atoms with Gasteiger partial charge in [-0.2, -0.15) is 5.10 Å². The van der Waals surface area contributed by atoms with Gasteiger partial charge in [-0.3, -0.25) is 0 Å². The fourth-order valence-corrected chi connectivity index (χ4v) is 4.38. The lowest BCUT2D eigenvalue weighted by atomic mass is 10.1. The first-order valence-electron chi connectivity index (χ1n) is 11.5. The highest BCUT2D eigenvalue weighted by molar-refractivity contribution is 5.84. The number of benzene rings is 1. The first-order valence-corrected chi connectivity index (χ1v) is 11.5. The van der Waals surface area contributed by atoms with E-state index >= 15 is 0 Å². The average molecular weight is 478 g/mol. The normalized spacial score (nSPS) is 15.5. The number of phenols is 1. The van der Waals surface area contributed by atoms with Crippen molar-refractivity contribution in [1.82, 2.24) is 29.5 Å². The lowest BCUT2D eigenvalue weighted by Gasteiger charge is -2.34. The smallest absolute Gasteiger partial charge is 0.173 e. The molecule has 182 valence electrons. The molecule has 1 saturated heterocycles. The Balaban J connectivity index is 1.53. The number of piperazine rings is 1. The summed E-state index contributed by atoms with van der Waals surface area (Å²) >= 11 is 0. The summed E-state index contributed by atoms with van der Waals surface area (Å²) in [6.45, 7) is 7.67. The Bertz CT molecular complexity index is 1360. The molecule has 4 aromatic rings. The molecule has 0 saturated carbocycles. The summed E-state index contributed by atoms with van der Waals surface area (Å²) in [5.41, 5.74) is 9.01. The van der Waals surface area contributed by atoms with Crippen molar-refractivity contribution in [2.45, 2.75) is 19.9 Å². The number of fused-ring (bicyclic) bond motifs is 1. The van der Waals surface area contributed by atoms with E-state index in [1.54, 1.807) is 0 Å². The molecule has 0 amide bonds. The fourth-order valence-electron chi connectivity index (χ4n) is 4.38. The largest absolute Gasteiger partial charge is 0.508 e. The van der Waals surface area contributed by atoms with E-state index in [-0.39, 0.29) is 17.6 Å². The number of nitrogen functional groups attached to an aromatic ring is 1. The zero-order chi connectivity index (χ0) is 24.7. The lowest BCUT2D eigenvalue weighted by Crippen LogP contribution is -2.45. The van der Waals surface area contributed by atoms with Crippen molar-refractivity contribution in [2.75, 3.05) is 49.2 Å². The molecule has 3 aromatic heterocycles. The minimum absolute atomic E-state index is 0.162. The number of rotatable bonds is 5. The Morgan fingerprint density at radius 3 is 2.66 bits per heavy atom. The molecule has 1 fully saturated rings. The molecule has 1 aromatic carbocycles. The standard InChI is InChI=1S/C24H28FN9O/c1-14-4-5-34-20(14)24(33-8-6-32(3)7-9-33)30-22(31-34)15(2)29-23-19(21(26)27-13-28-23)16-10-17(25)12-18(35)11-16/h4-5,10-13,15,35H,6-9H2,1-3H3,(H3,26,27,28,29)/t15-/m0/s1. The number of nitrogens with two attached hydrogens (primary N) is 1. The van der Waals surface area contributed by atoms with Gasteiger partial charge in [-0.05, 0) is 50.2 Å². The summed E-state index contributed by atoms with van der Waals surface area (Å²) in [4.78, 5) is 18.0. The van der Waals surface area contributed by atoms with Gasteiger partial charge in [-0.25, -0.2) is 23.9 Å². The van der Waals surface area contributed by atoms with Crippen molar-refractivity contribution in [3.63, 3.8) is 0 Å². The maximum Gasteiger partial charge on any atom is 0.173 e. The van der Waals surface area contributed by atoms with Crippen molar-refractivity contribution in [1.29, 1.82) is 0 Å². The van der Waals surface area contributed by atoms with Crippen LogP contribution in [0.2, 0.25) is 0 Å². The van der Waals surface area contributed by atoms with Crippen LogP contribution in [0.15, 0.2) is 36.8 Å². The third kappa shape index (κ3) is 4.42. The number of nitrogens with zero attached hydrogens (tertiary/aromatic N) is 7. The van der Waals surface area contributed by atoms with Gasteiger partial charge in [0.2, 0.25) is 0 Å². The Kier molecular flexibility index (Phi) is 5.85. The van der Waals surface area contributed by atoms with E-state index in [4.69, 9.17) is 15.8 Å². The van der Waals surface area contributed by atoms with Crippen molar-refractivity contribution in [3.05, 3.63) is 54.0 Å². The average Bonchev–Trinajstić information content (AvgIpc) is 3.19. The molecular weight excluding hydrogens is 449 g/mol. The molecule has 1 atom stereocenters. The van der Waals surface area contributed by atoms with Gasteiger partial charge >= 0.3 is 0 Å². The molecule has 5 rings (SSSR count). The number of nitrogens with one attached hydrogen (secondary N) is 1. The summed E-state index contributed by atoms with van der Waals surface area (Å²) in [5.74, 6) is 1.23. The second kappa shape index (κ2) is 8.99. The second-order valence-corrected chi connectivity index (χ2v) is 8.92. The minimum atomic E-state index is -0.587. The first-order chi connectivity index (χ1) is 16.8. The summed E-state index contributed by atoms with van der Waals surface area (Å²) in [5, 5.41) is 18.0. The molecule has 35 heavy (non-hydrogen) atoms. The Hall–Kier alpha value is -3.99. The molecule has 10 nitrogen and oxygen atoms in total. The van der Waals surface area contributed by atoms with Gasteiger partial charge in [0.05, 0.1) is 11.6 Å². The summed E-state index contributed by atoms with van der Waals surface area (Å²) < 4.78 is 15.9. The third-order valence-corrected chi connectivity index (χ3v) is 6.30. The topological polar surface area (TPSA) is 121 Å². The zero-order valence-corrected chi connectivity index (χ0v) is 19.9. The monoisotopic (exact) mass is 477 g/mol. The molecule has 4 N–H and O–H groups in total. The number of aromatic nitrogens is 5. The SMILES string of the molecule is Cc1ccn2nc([C@H](C)Nc3ncnc(N)c3-c3cc(O)cc(F)c3)nc(N3CCN(C)CC3)c12. The molecule has 11 heteroatoms. The van der Waals surface area contributed by atoms with Crippen LogP contribution in [0.1, 0.15) is 24.4 Å². The van der Waals surface area contributed by atoms with E-state index in [1.807, 2.05) is 23.7 Å². The Morgan fingerprint density at radius 1 is 1.14 bits per heavy atom. The molecule has 1 aliphatic rings. The van der Waals surface area contributed by atoms with Crippen molar-refractivity contribution >= 4 is 23.0 Å². The molecule has 0 unspecified atom stereocenters. The number of aryl methyl sites for hydroxylation is 1. The van der Waals surface area contributed by atoms with Gasteiger partial charge in [0.15, 0.2) is 11.6 Å². The molecule has 0 aliphatic carbocycles. The zero-order valence-electron chi connectivity index (χ0n) is 19.9. The minimum Gasteiger partial charge on any atom is -0.508 e. The quantitative estimate of drug-likeness (QED) is 0.398. The van der Waals surface area contributed by atoms with E-state index in [9.17, 15) is 9.50 Å². The number of anilines is 3. The maximum atomic E-state index is 14.0. The van der Waals surface area contributed by atoms with E-state index in [2.05, 4.69) is 39.1 Å². The fraction of sp³-hybridized carbons (Fsp3) is 0.333. The molecule has 0 spiro atoms. The van der Waals surface area contributed by atoms with Gasteiger partial charge in [0.1, 0.15) is 35.0 Å². The molecule has 1 aliphatic heterocycles. The predicted octanol–water partition coefficient (Wildman–Crippen LogP) is 2.85. The van der Waals surface area contributed by atoms with Crippen LogP contribution in [0.4, 0.5) is 21.8 Å². The second-order valence-electron chi connectivity index (χ2n) is 8.92.